The molecule has 3 N–H and O–H groups in total. The number of rotatable bonds is 6. The molecule has 3 heterocycles. The van der Waals surface area contributed by atoms with E-state index in [1.54, 1.807) is 0 Å². The van der Waals surface area contributed by atoms with Crippen molar-refractivity contribution in [3.63, 3.8) is 0 Å². The van der Waals surface area contributed by atoms with Crippen molar-refractivity contribution < 1.29 is 15.0 Å². The van der Waals surface area contributed by atoms with Crippen LogP contribution < -0.4 is 10.9 Å². The Labute approximate surface area is 200 Å². The molecule has 2 aromatic rings. The molecule has 3 atom stereocenters. The number of carbonyl (C=O) groups is 1. The number of carboxylic acid groups (broad SMARTS) is 1. The maximum atomic E-state index is 13.6. The minimum Gasteiger partial charge on any atom is -0.480 e. The van der Waals surface area contributed by atoms with Crippen molar-refractivity contribution >= 4 is 22.8 Å². The van der Waals surface area contributed by atoms with Crippen LogP contribution in [0.2, 0.25) is 0 Å². The van der Waals surface area contributed by atoms with E-state index in [4.69, 9.17) is 0 Å². The van der Waals surface area contributed by atoms with Crippen molar-refractivity contribution in [2.45, 2.75) is 101 Å². The maximum Gasteiger partial charge on any atom is 0.328 e. The number of para-hydroxylation sites is 2. The van der Waals surface area contributed by atoms with E-state index >= 15 is 0 Å². The Balaban J connectivity index is 1.46. The van der Waals surface area contributed by atoms with E-state index in [0.29, 0.717) is 23.6 Å². The number of nitrogens with one attached hydrogen (secondary N) is 1. The molecule has 1 aromatic carbocycles. The highest BCUT2D eigenvalue weighted by Gasteiger charge is 2.44. The lowest BCUT2D eigenvalue weighted by Gasteiger charge is -2.45. The van der Waals surface area contributed by atoms with E-state index in [0.717, 1.165) is 18.4 Å². The monoisotopic (exact) mass is 468 g/mol. The predicted octanol–water partition coefficient (Wildman–Crippen LogP) is 3.53. The summed E-state index contributed by atoms with van der Waals surface area (Å²) in [5.41, 5.74) is 1.14. The Morgan fingerprint density at radius 1 is 0.971 bits per heavy atom. The summed E-state index contributed by atoms with van der Waals surface area (Å²) in [5, 5.41) is 21.5. The Morgan fingerprint density at radius 3 is 2.26 bits per heavy atom. The minimum atomic E-state index is -1.27. The second-order valence-electron chi connectivity index (χ2n) is 10.3. The number of aliphatic hydroxyl groups excluding tert-OH is 1. The normalized spacial score (nSPS) is 27.3. The van der Waals surface area contributed by atoms with Crippen LogP contribution in [0.5, 0.6) is 0 Å². The van der Waals surface area contributed by atoms with E-state index in [2.05, 4.69) is 15.2 Å². The topological polar surface area (TPSA) is 108 Å². The summed E-state index contributed by atoms with van der Waals surface area (Å²) in [4.78, 5) is 32.3. The van der Waals surface area contributed by atoms with Gasteiger partial charge in [-0.05, 0) is 50.7 Å². The Hall–Kier alpha value is -2.45. The standard InChI is InChI=1S/C26H36N4O4/c31-16-22(26(33)34)28-24-25(32)30(23-11-7-6-10-21(23)27-24)20-14-18-12-13-19(15-20)29(18)17-8-4-2-1-3-5-9-17/h6-7,10-11,17-20,22,31H,1-5,8-9,12-16H2,(H,27,28)(H,33,34)/t18?,19?,20?,22-/m1/s1. The van der Waals surface area contributed by atoms with Crippen molar-refractivity contribution in [2.75, 3.05) is 11.9 Å². The van der Waals surface area contributed by atoms with Gasteiger partial charge in [-0.25, -0.2) is 9.78 Å². The molecule has 8 heteroatoms. The first-order valence-corrected chi connectivity index (χ1v) is 13.0. The summed E-state index contributed by atoms with van der Waals surface area (Å²) < 4.78 is 1.85. The number of benzene rings is 1. The number of fused-ring (bicyclic) bond motifs is 3. The number of hydrogen-bond acceptors (Lipinski definition) is 6. The lowest BCUT2D eigenvalue weighted by molar-refractivity contribution is -0.138. The average molecular weight is 469 g/mol. The van der Waals surface area contributed by atoms with Crippen LogP contribution in [0.25, 0.3) is 11.0 Å². The molecular formula is C26H36N4O4. The molecule has 2 saturated heterocycles. The zero-order valence-electron chi connectivity index (χ0n) is 19.7. The van der Waals surface area contributed by atoms with Crippen LogP contribution in [-0.4, -0.2) is 61.4 Å². The number of anilines is 1. The molecule has 34 heavy (non-hydrogen) atoms. The molecule has 2 aliphatic heterocycles. The molecular weight excluding hydrogens is 432 g/mol. The molecule has 0 radical (unpaired) electrons. The lowest BCUT2D eigenvalue weighted by Crippen LogP contribution is -2.50. The van der Waals surface area contributed by atoms with Crippen LogP contribution in [0.4, 0.5) is 5.82 Å². The summed E-state index contributed by atoms with van der Waals surface area (Å²) in [6, 6.07) is 8.01. The van der Waals surface area contributed by atoms with Crippen LogP contribution in [0.3, 0.4) is 0 Å². The average Bonchev–Trinajstić information content (AvgIpc) is 3.06. The molecule has 2 bridgehead atoms. The van der Waals surface area contributed by atoms with Gasteiger partial charge in [-0.15, -0.1) is 0 Å². The molecule has 0 amide bonds. The molecule has 8 nitrogen and oxygen atoms in total. The molecule has 3 fully saturated rings. The number of aliphatic hydroxyl groups is 1. The molecule has 1 aliphatic carbocycles. The summed E-state index contributed by atoms with van der Waals surface area (Å²) in [7, 11) is 0. The first-order valence-electron chi connectivity index (χ1n) is 13.0. The van der Waals surface area contributed by atoms with Gasteiger partial charge in [0.1, 0.15) is 6.04 Å². The van der Waals surface area contributed by atoms with Crippen LogP contribution in [-0.2, 0) is 4.79 Å². The minimum absolute atomic E-state index is 0.00468. The second kappa shape index (κ2) is 10.0. The van der Waals surface area contributed by atoms with Crippen LogP contribution in [0.15, 0.2) is 29.1 Å². The highest BCUT2D eigenvalue weighted by atomic mass is 16.4. The van der Waals surface area contributed by atoms with Crippen molar-refractivity contribution in [1.82, 2.24) is 14.5 Å². The van der Waals surface area contributed by atoms with Crippen molar-refractivity contribution in [3.8, 4) is 0 Å². The molecule has 1 aromatic heterocycles. The number of aliphatic carboxylic acids is 1. The Kier molecular flexibility index (Phi) is 6.88. The summed E-state index contributed by atoms with van der Waals surface area (Å²) in [6.45, 7) is -0.618. The summed E-state index contributed by atoms with van der Waals surface area (Å²) in [6.07, 6.45) is 13.5. The third-order valence-corrected chi connectivity index (χ3v) is 8.21. The molecule has 0 spiro atoms. The van der Waals surface area contributed by atoms with E-state index in [1.807, 2.05) is 28.8 Å². The second-order valence-corrected chi connectivity index (χ2v) is 10.3. The van der Waals surface area contributed by atoms with Gasteiger partial charge in [-0.1, -0.05) is 44.2 Å². The summed E-state index contributed by atoms with van der Waals surface area (Å²) >= 11 is 0. The van der Waals surface area contributed by atoms with E-state index in [9.17, 15) is 19.8 Å². The first kappa shape index (κ1) is 23.3. The molecule has 5 rings (SSSR count). The van der Waals surface area contributed by atoms with Gasteiger partial charge in [0.15, 0.2) is 5.82 Å². The quantitative estimate of drug-likeness (QED) is 0.595. The largest absolute Gasteiger partial charge is 0.480 e. The number of nitrogens with zero attached hydrogens (tertiary/aromatic N) is 3. The van der Waals surface area contributed by atoms with Gasteiger partial charge in [0.25, 0.3) is 5.56 Å². The van der Waals surface area contributed by atoms with Gasteiger partial charge in [0.05, 0.1) is 17.6 Å². The predicted molar refractivity (Wildman–Crippen MR) is 131 cm³/mol. The summed E-state index contributed by atoms with van der Waals surface area (Å²) in [5.74, 6) is -1.22. The van der Waals surface area contributed by atoms with Crippen molar-refractivity contribution in [2.24, 2.45) is 0 Å². The zero-order chi connectivity index (χ0) is 23.7. The fraction of sp³-hybridized carbons (Fsp3) is 0.654. The van der Waals surface area contributed by atoms with Gasteiger partial charge in [-0.2, -0.15) is 0 Å². The van der Waals surface area contributed by atoms with Gasteiger partial charge in [0, 0.05) is 24.2 Å². The number of piperidine rings is 1. The van der Waals surface area contributed by atoms with Gasteiger partial charge in [0.2, 0.25) is 0 Å². The van der Waals surface area contributed by atoms with E-state index in [-0.39, 0.29) is 17.4 Å². The van der Waals surface area contributed by atoms with Crippen LogP contribution in [0.1, 0.15) is 76.7 Å². The smallest absolute Gasteiger partial charge is 0.328 e. The molecule has 184 valence electrons. The number of hydrogen-bond donors (Lipinski definition) is 3. The third kappa shape index (κ3) is 4.45. The SMILES string of the molecule is O=C(O)[C@@H](CO)Nc1nc2ccccc2n(C2CC3CCC(C2)N3C2CCCCCCC2)c1=O. The highest BCUT2D eigenvalue weighted by Crippen LogP contribution is 2.44. The Bertz CT molecular complexity index is 1060. The number of aromatic nitrogens is 2. The van der Waals surface area contributed by atoms with E-state index < -0.39 is 18.6 Å². The lowest BCUT2D eigenvalue weighted by atomic mass is 9.89. The van der Waals surface area contributed by atoms with Crippen LogP contribution >= 0.6 is 0 Å². The molecule has 3 aliphatic rings. The van der Waals surface area contributed by atoms with Crippen molar-refractivity contribution in [1.29, 1.82) is 0 Å². The molecule has 1 saturated carbocycles. The van der Waals surface area contributed by atoms with E-state index in [1.165, 1.54) is 57.8 Å². The third-order valence-electron chi connectivity index (χ3n) is 8.21. The fourth-order valence-corrected chi connectivity index (χ4v) is 6.69. The van der Waals surface area contributed by atoms with Gasteiger partial charge in [-0.3, -0.25) is 9.69 Å². The highest BCUT2D eigenvalue weighted by molar-refractivity contribution is 5.79. The van der Waals surface area contributed by atoms with Crippen molar-refractivity contribution in [3.05, 3.63) is 34.6 Å². The first-order chi connectivity index (χ1) is 16.6. The molecule has 2 unspecified atom stereocenters. The fourth-order valence-electron chi connectivity index (χ4n) is 6.69. The number of carboxylic acids is 1. The zero-order valence-corrected chi connectivity index (χ0v) is 19.7. The van der Waals surface area contributed by atoms with Gasteiger partial charge >= 0.3 is 5.97 Å². The maximum absolute atomic E-state index is 13.6. The van der Waals surface area contributed by atoms with Crippen LogP contribution in [0, 0.1) is 0 Å². The van der Waals surface area contributed by atoms with Gasteiger partial charge < -0.3 is 20.1 Å². The Morgan fingerprint density at radius 2 is 1.62 bits per heavy atom.